The molecule has 0 radical (unpaired) electrons. The van der Waals surface area contributed by atoms with E-state index in [9.17, 15) is 18.0 Å². The standard InChI is InChI=1S/C23H31F3N4O/c1-28(22(31)7-6-20-15-27-29(2)17-20)16-19-9-12-30(13-10-19)11-8-18-4-3-5-21(14-18)23(24,25)26/h3-5,14-15,17,19H,6-13,16H2,1-2H3. The van der Waals surface area contributed by atoms with Crippen LogP contribution in [0.15, 0.2) is 36.7 Å². The molecule has 31 heavy (non-hydrogen) atoms. The number of benzene rings is 1. The molecule has 1 aromatic carbocycles. The molecule has 2 aromatic rings. The molecule has 170 valence electrons. The quantitative estimate of drug-likeness (QED) is 0.632. The molecule has 1 aliphatic rings. The molecule has 1 amide bonds. The van der Waals surface area contributed by atoms with Gasteiger partial charge in [0.05, 0.1) is 11.8 Å². The van der Waals surface area contributed by atoms with Gasteiger partial charge in [0, 0.05) is 39.8 Å². The number of piperidine rings is 1. The largest absolute Gasteiger partial charge is 0.416 e. The van der Waals surface area contributed by atoms with Crippen molar-refractivity contribution in [3.63, 3.8) is 0 Å². The molecule has 8 heteroatoms. The van der Waals surface area contributed by atoms with E-state index in [4.69, 9.17) is 0 Å². The van der Waals surface area contributed by atoms with Crippen LogP contribution in [0.4, 0.5) is 13.2 Å². The lowest BCUT2D eigenvalue weighted by Gasteiger charge is -2.34. The zero-order valence-electron chi connectivity index (χ0n) is 18.2. The summed E-state index contributed by atoms with van der Waals surface area (Å²) >= 11 is 0. The zero-order valence-corrected chi connectivity index (χ0v) is 18.2. The Balaban J connectivity index is 1.37. The van der Waals surface area contributed by atoms with E-state index in [-0.39, 0.29) is 5.91 Å². The van der Waals surface area contributed by atoms with E-state index in [1.807, 2.05) is 25.2 Å². The van der Waals surface area contributed by atoms with Gasteiger partial charge in [-0.25, -0.2) is 0 Å². The number of carbonyl (C=O) groups is 1. The molecule has 2 heterocycles. The van der Waals surface area contributed by atoms with Gasteiger partial charge in [0.15, 0.2) is 0 Å². The maximum absolute atomic E-state index is 12.9. The molecular weight excluding hydrogens is 405 g/mol. The van der Waals surface area contributed by atoms with Crippen LogP contribution in [0, 0.1) is 5.92 Å². The molecule has 0 unspecified atom stereocenters. The first-order chi connectivity index (χ1) is 14.7. The number of hydrogen-bond donors (Lipinski definition) is 0. The van der Waals surface area contributed by atoms with Crippen LogP contribution in [0.25, 0.3) is 0 Å². The Hall–Kier alpha value is -2.35. The number of hydrogen-bond acceptors (Lipinski definition) is 3. The third kappa shape index (κ3) is 7.09. The molecule has 0 aliphatic carbocycles. The first-order valence-corrected chi connectivity index (χ1v) is 10.8. The minimum atomic E-state index is -4.30. The molecule has 0 saturated carbocycles. The van der Waals surface area contributed by atoms with Crippen molar-refractivity contribution < 1.29 is 18.0 Å². The average molecular weight is 437 g/mol. The van der Waals surface area contributed by atoms with Crippen LogP contribution in [0.3, 0.4) is 0 Å². The second-order valence-corrected chi connectivity index (χ2v) is 8.53. The Morgan fingerprint density at radius 1 is 1.19 bits per heavy atom. The van der Waals surface area contributed by atoms with E-state index < -0.39 is 11.7 Å². The molecule has 0 spiro atoms. The van der Waals surface area contributed by atoms with Gasteiger partial charge in [-0.05, 0) is 61.9 Å². The Morgan fingerprint density at radius 2 is 1.94 bits per heavy atom. The van der Waals surface area contributed by atoms with E-state index in [2.05, 4.69) is 10.00 Å². The highest BCUT2D eigenvalue weighted by molar-refractivity contribution is 5.76. The van der Waals surface area contributed by atoms with Crippen LogP contribution in [0.5, 0.6) is 0 Å². The third-order valence-corrected chi connectivity index (χ3v) is 6.02. The second kappa shape index (κ2) is 10.3. The van der Waals surface area contributed by atoms with Crippen LogP contribution in [-0.2, 0) is 30.9 Å². The van der Waals surface area contributed by atoms with Crippen molar-refractivity contribution in [1.82, 2.24) is 19.6 Å². The van der Waals surface area contributed by atoms with E-state index >= 15 is 0 Å². The monoisotopic (exact) mass is 436 g/mol. The Morgan fingerprint density at radius 3 is 2.58 bits per heavy atom. The van der Waals surface area contributed by atoms with Crippen molar-refractivity contribution in [3.8, 4) is 0 Å². The molecule has 0 atom stereocenters. The summed E-state index contributed by atoms with van der Waals surface area (Å²) in [4.78, 5) is 16.6. The number of alkyl halides is 3. The normalized spacial score (nSPS) is 15.9. The minimum absolute atomic E-state index is 0.149. The van der Waals surface area contributed by atoms with Gasteiger partial charge in [0.2, 0.25) is 5.91 Å². The topological polar surface area (TPSA) is 41.4 Å². The molecule has 3 rings (SSSR count). The van der Waals surface area contributed by atoms with Gasteiger partial charge in [-0.1, -0.05) is 18.2 Å². The molecule has 0 bridgehead atoms. The van der Waals surface area contributed by atoms with Crippen molar-refractivity contribution in [2.24, 2.45) is 13.0 Å². The molecule has 0 N–H and O–H groups in total. The Labute approximate surface area is 181 Å². The van der Waals surface area contributed by atoms with Gasteiger partial charge >= 0.3 is 6.18 Å². The molecule has 5 nitrogen and oxygen atoms in total. The van der Waals surface area contributed by atoms with E-state index in [1.165, 1.54) is 12.1 Å². The SMILES string of the molecule is CN(CC1CCN(CCc2cccc(C(F)(F)F)c2)CC1)C(=O)CCc1cnn(C)c1. The van der Waals surface area contributed by atoms with Crippen molar-refractivity contribution in [2.75, 3.05) is 33.2 Å². The van der Waals surface area contributed by atoms with Crippen LogP contribution in [-0.4, -0.2) is 58.7 Å². The van der Waals surface area contributed by atoms with Crippen LogP contribution >= 0.6 is 0 Å². The fourth-order valence-electron chi connectivity index (χ4n) is 4.12. The average Bonchev–Trinajstić information content (AvgIpc) is 3.16. The fourth-order valence-corrected chi connectivity index (χ4v) is 4.12. The predicted molar refractivity (Wildman–Crippen MR) is 113 cm³/mol. The summed E-state index contributed by atoms with van der Waals surface area (Å²) in [6.45, 7) is 3.35. The highest BCUT2D eigenvalue weighted by Crippen LogP contribution is 2.29. The molecule has 1 saturated heterocycles. The number of rotatable bonds is 8. The van der Waals surface area contributed by atoms with Gasteiger partial charge in [-0.15, -0.1) is 0 Å². The van der Waals surface area contributed by atoms with Crippen LogP contribution < -0.4 is 0 Å². The number of aromatic nitrogens is 2. The summed E-state index contributed by atoms with van der Waals surface area (Å²) in [6.07, 6.45) is 3.23. The van der Waals surface area contributed by atoms with Crippen molar-refractivity contribution in [3.05, 3.63) is 53.3 Å². The maximum atomic E-state index is 12.9. The van der Waals surface area contributed by atoms with Gasteiger partial charge < -0.3 is 9.80 Å². The second-order valence-electron chi connectivity index (χ2n) is 8.53. The fraction of sp³-hybridized carbons (Fsp3) is 0.565. The highest BCUT2D eigenvalue weighted by atomic mass is 19.4. The van der Waals surface area contributed by atoms with E-state index in [0.29, 0.717) is 25.2 Å². The predicted octanol–water partition coefficient (Wildman–Crippen LogP) is 3.78. The van der Waals surface area contributed by atoms with Gasteiger partial charge in [-0.2, -0.15) is 18.3 Å². The molecule has 1 fully saturated rings. The first-order valence-electron chi connectivity index (χ1n) is 10.8. The van der Waals surface area contributed by atoms with Crippen molar-refractivity contribution >= 4 is 5.91 Å². The number of amides is 1. The van der Waals surface area contributed by atoms with Crippen LogP contribution in [0.2, 0.25) is 0 Å². The zero-order chi connectivity index (χ0) is 22.4. The maximum Gasteiger partial charge on any atom is 0.416 e. The van der Waals surface area contributed by atoms with Crippen molar-refractivity contribution in [2.45, 2.75) is 38.3 Å². The minimum Gasteiger partial charge on any atom is -0.345 e. The Bertz CT molecular complexity index is 857. The molecule has 1 aromatic heterocycles. The van der Waals surface area contributed by atoms with E-state index in [0.717, 1.165) is 56.2 Å². The lowest BCUT2D eigenvalue weighted by atomic mass is 9.95. The highest BCUT2D eigenvalue weighted by Gasteiger charge is 2.30. The summed E-state index contributed by atoms with van der Waals surface area (Å²) in [5, 5.41) is 4.13. The van der Waals surface area contributed by atoms with Gasteiger partial charge in [-0.3, -0.25) is 9.48 Å². The molecule has 1 aliphatic heterocycles. The molecular formula is C23H31F3N4O. The number of halogens is 3. The van der Waals surface area contributed by atoms with Gasteiger partial charge in [0.25, 0.3) is 0 Å². The third-order valence-electron chi connectivity index (χ3n) is 6.02. The summed E-state index contributed by atoms with van der Waals surface area (Å²) < 4.78 is 40.3. The Kier molecular flexibility index (Phi) is 7.75. The van der Waals surface area contributed by atoms with Crippen molar-refractivity contribution in [1.29, 1.82) is 0 Å². The van der Waals surface area contributed by atoms with Crippen LogP contribution in [0.1, 0.15) is 36.0 Å². The number of carbonyl (C=O) groups excluding carboxylic acids is 1. The smallest absolute Gasteiger partial charge is 0.345 e. The number of nitrogens with zero attached hydrogens (tertiary/aromatic N) is 4. The first kappa shape index (κ1) is 23.3. The lowest BCUT2D eigenvalue weighted by molar-refractivity contribution is -0.137. The summed E-state index contributed by atoms with van der Waals surface area (Å²) in [5.41, 5.74) is 1.20. The summed E-state index contributed by atoms with van der Waals surface area (Å²) in [6, 6.07) is 5.60. The number of likely N-dealkylation sites (tertiary alicyclic amines) is 1. The number of aryl methyl sites for hydroxylation is 2. The lowest BCUT2D eigenvalue weighted by Crippen LogP contribution is -2.40. The summed E-state index contributed by atoms with van der Waals surface area (Å²) in [7, 11) is 3.73. The van der Waals surface area contributed by atoms with E-state index in [1.54, 1.807) is 16.9 Å². The summed E-state index contributed by atoms with van der Waals surface area (Å²) in [5.74, 6) is 0.618. The van der Waals surface area contributed by atoms with Gasteiger partial charge in [0.1, 0.15) is 0 Å².